The van der Waals surface area contributed by atoms with Crippen molar-refractivity contribution >= 4 is 40.1 Å². The summed E-state index contributed by atoms with van der Waals surface area (Å²) in [7, 11) is 0. The third-order valence-electron chi connectivity index (χ3n) is 4.36. The van der Waals surface area contributed by atoms with Gasteiger partial charge in [-0.25, -0.2) is 9.97 Å². The first-order chi connectivity index (χ1) is 14.2. The molecular formula is C23H19ClN4O. The molecule has 29 heavy (non-hydrogen) atoms. The standard InChI is InChI=1S/C23H19ClN4O/c1-16-12-18(7-9-22(16)29-19-5-3-11-25-14-19)28-23-20-13-17(4-2-10-24)6-8-21(20)26-15-27-23/h2-9,11-15H,10H2,1H3,(H,26,27,28)/b4-2+. The van der Waals surface area contributed by atoms with E-state index in [0.29, 0.717) is 11.6 Å². The van der Waals surface area contributed by atoms with Crippen molar-refractivity contribution in [2.24, 2.45) is 0 Å². The SMILES string of the molecule is Cc1cc(Nc2ncnc3ccc(/C=C/CCl)cc23)ccc1Oc1cccnc1. The molecule has 0 spiro atoms. The van der Waals surface area contributed by atoms with Crippen LogP contribution in [0, 0.1) is 6.92 Å². The largest absolute Gasteiger partial charge is 0.455 e. The van der Waals surface area contributed by atoms with E-state index >= 15 is 0 Å². The van der Waals surface area contributed by atoms with Gasteiger partial charge in [-0.1, -0.05) is 18.2 Å². The molecule has 0 bridgehead atoms. The molecule has 2 aromatic heterocycles. The Balaban J connectivity index is 1.61. The van der Waals surface area contributed by atoms with Gasteiger partial charge in [0.25, 0.3) is 0 Å². The number of benzene rings is 2. The molecule has 4 aromatic rings. The van der Waals surface area contributed by atoms with Gasteiger partial charge < -0.3 is 10.1 Å². The smallest absolute Gasteiger partial charge is 0.145 e. The predicted octanol–water partition coefficient (Wildman–Crippen LogP) is 6.12. The zero-order valence-electron chi connectivity index (χ0n) is 15.8. The number of pyridine rings is 1. The molecule has 4 rings (SSSR count). The topological polar surface area (TPSA) is 59.9 Å². The maximum absolute atomic E-state index is 5.90. The summed E-state index contributed by atoms with van der Waals surface area (Å²) in [4.78, 5) is 12.9. The molecule has 0 unspecified atom stereocenters. The number of rotatable bonds is 6. The van der Waals surface area contributed by atoms with Crippen LogP contribution in [0.15, 0.2) is 73.3 Å². The summed E-state index contributed by atoms with van der Waals surface area (Å²) in [6, 6.07) is 15.7. The fraction of sp³-hybridized carbons (Fsp3) is 0.0870. The highest BCUT2D eigenvalue weighted by atomic mass is 35.5. The van der Waals surface area contributed by atoms with Gasteiger partial charge in [-0.3, -0.25) is 4.98 Å². The number of hydrogen-bond donors (Lipinski definition) is 1. The average Bonchev–Trinajstić information content (AvgIpc) is 2.75. The molecule has 6 heteroatoms. The fourth-order valence-electron chi connectivity index (χ4n) is 2.97. The molecule has 0 amide bonds. The molecule has 2 heterocycles. The lowest BCUT2D eigenvalue weighted by atomic mass is 10.1. The second kappa shape index (κ2) is 8.71. The van der Waals surface area contributed by atoms with E-state index in [-0.39, 0.29) is 0 Å². The van der Waals surface area contributed by atoms with Crippen LogP contribution in [-0.2, 0) is 0 Å². The van der Waals surface area contributed by atoms with Crippen molar-refractivity contribution in [1.29, 1.82) is 0 Å². The molecule has 144 valence electrons. The molecule has 0 saturated carbocycles. The normalized spacial score (nSPS) is 11.1. The van der Waals surface area contributed by atoms with Crippen molar-refractivity contribution in [3.05, 3.63) is 84.5 Å². The first-order valence-electron chi connectivity index (χ1n) is 9.16. The molecule has 0 atom stereocenters. The van der Waals surface area contributed by atoms with Crippen LogP contribution >= 0.6 is 11.6 Å². The zero-order valence-corrected chi connectivity index (χ0v) is 16.6. The molecule has 0 aliphatic heterocycles. The number of alkyl halides is 1. The van der Waals surface area contributed by atoms with Crippen LogP contribution in [0.25, 0.3) is 17.0 Å². The number of anilines is 2. The van der Waals surface area contributed by atoms with Gasteiger partial charge in [0.1, 0.15) is 23.6 Å². The summed E-state index contributed by atoms with van der Waals surface area (Å²) >= 11 is 5.75. The summed E-state index contributed by atoms with van der Waals surface area (Å²) in [6.07, 6.45) is 8.86. The molecule has 0 fully saturated rings. The number of aromatic nitrogens is 3. The highest BCUT2D eigenvalue weighted by molar-refractivity contribution is 6.19. The third-order valence-corrected chi connectivity index (χ3v) is 4.54. The predicted molar refractivity (Wildman–Crippen MR) is 118 cm³/mol. The van der Waals surface area contributed by atoms with Gasteiger partial charge in [-0.05, 0) is 60.5 Å². The Hall–Kier alpha value is -3.44. The number of nitrogens with zero attached hydrogens (tertiary/aromatic N) is 3. The molecule has 0 aliphatic rings. The second-order valence-electron chi connectivity index (χ2n) is 6.45. The number of fused-ring (bicyclic) bond motifs is 1. The number of ether oxygens (including phenoxy) is 1. The molecule has 0 aliphatic carbocycles. The van der Waals surface area contributed by atoms with E-state index in [9.17, 15) is 0 Å². The third kappa shape index (κ3) is 4.52. The zero-order chi connectivity index (χ0) is 20.1. The van der Waals surface area contributed by atoms with Crippen LogP contribution in [0.5, 0.6) is 11.5 Å². The average molecular weight is 403 g/mol. The van der Waals surface area contributed by atoms with Crippen LogP contribution in [-0.4, -0.2) is 20.8 Å². The van der Waals surface area contributed by atoms with Gasteiger partial charge in [-0.15, -0.1) is 11.6 Å². The van der Waals surface area contributed by atoms with Gasteiger partial charge in [-0.2, -0.15) is 0 Å². The summed E-state index contributed by atoms with van der Waals surface area (Å²) in [5.74, 6) is 2.71. The minimum absolute atomic E-state index is 0.473. The van der Waals surface area contributed by atoms with Crippen molar-refractivity contribution in [2.75, 3.05) is 11.2 Å². The van der Waals surface area contributed by atoms with Crippen molar-refractivity contribution in [3.8, 4) is 11.5 Å². The van der Waals surface area contributed by atoms with E-state index in [2.05, 4.69) is 20.3 Å². The van der Waals surface area contributed by atoms with Gasteiger partial charge in [0.15, 0.2) is 0 Å². The molecular weight excluding hydrogens is 384 g/mol. The maximum Gasteiger partial charge on any atom is 0.145 e. The van der Waals surface area contributed by atoms with E-state index in [1.54, 1.807) is 18.7 Å². The van der Waals surface area contributed by atoms with Crippen LogP contribution in [0.1, 0.15) is 11.1 Å². The Morgan fingerprint density at radius 1 is 1.10 bits per heavy atom. The van der Waals surface area contributed by atoms with E-state index in [1.165, 1.54) is 0 Å². The Morgan fingerprint density at radius 3 is 2.83 bits per heavy atom. The van der Waals surface area contributed by atoms with Crippen LogP contribution < -0.4 is 10.1 Å². The summed E-state index contributed by atoms with van der Waals surface area (Å²) in [5, 5.41) is 4.34. The lowest BCUT2D eigenvalue weighted by Gasteiger charge is -2.12. The summed E-state index contributed by atoms with van der Waals surface area (Å²) in [6.45, 7) is 2.00. The van der Waals surface area contributed by atoms with Crippen molar-refractivity contribution in [1.82, 2.24) is 15.0 Å². The fourth-order valence-corrected chi connectivity index (χ4v) is 3.06. The summed E-state index contributed by atoms with van der Waals surface area (Å²) in [5.41, 5.74) is 3.84. The number of allylic oxidation sites excluding steroid dienone is 1. The van der Waals surface area contributed by atoms with Gasteiger partial charge >= 0.3 is 0 Å². The van der Waals surface area contributed by atoms with Crippen molar-refractivity contribution in [2.45, 2.75) is 6.92 Å². The first kappa shape index (κ1) is 18.9. The van der Waals surface area contributed by atoms with E-state index < -0.39 is 0 Å². The van der Waals surface area contributed by atoms with Gasteiger partial charge in [0.05, 0.1) is 11.7 Å². The maximum atomic E-state index is 5.90. The number of hydrogen-bond acceptors (Lipinski definition) is 5. The lowest BCUT2D eigenvalue weighted by Crippen LogP contribution is -1.97. The number of halogens is 1. The van der Waals surface area contributed by atoms with Gasteiger partial charge in [0.2, 0.25) is 0 Å². The highest BCUT2D eigenvalue weighted by Gasteiger charge is 2.07. The highest BCUT2D eigenvalue weighted by Crippen LogP contribution is 2.29. The van der Waals surface area contributed by atoms with Crippen LogP contribution in [0.4, 0.5) is 11.5 Å². The second-order valence-corrected chi connectivity index (χ2v) is 6.76. The Labute approximate surface area is 174 Å². The van der Waals surface area contributed by atoms with Crippen LogP contribution in [0.3, 0.4) is 0 Å². The number of aryl methyl sites for hydroxylation is 1. The lowest BCUT2D eigenvalue weighted by molar-refractivity contribution is 0.476. The van der Waals surface area contributed by atoms with Crippen LogP contribution in [0.2, 0.25) is 0 Å². The first-order valence-corrected chi connectivity index (χ1v) is 9.69. The molecule has 0 saturated heterocycles. The Kier molecular flexibility index (Phi) is 5.68. The molecule has 2 aromatic carbocycles. The Morgan fingerprint density at radius 2 is 2.03 bits per heavy atom. The number of nitrogens with one attached hydrogen (secondary N) is 1. The minimum atomic E-state index is 0.473. The van der Waals surface area contributed by atoms with Crippen molar-refractivity contribution in [3.63, 3.8) is 0 Å². The van der Waals surface area contributed by atoms with E-state index in [4.69, 9.17) is 16.3 Å². The quantitative estimate of drug-likeness (QED) is 0.393. The Bertz CT molecular complexity index is 1160. The van der Waals surface area contributed by atoms with Crippen molar-refractivity contribution < 1.29 is 4.74 Å². The van der Waals surface area contributed by atoms with E-state index in [0.717, 1.165) is 39.3 Å². The molecule has 5 nitrogen and oxygen atoms in total. The molecule has 1 N–H and O–H groups in total. The monoisotopic (exact) mass is 402 g/mol. The van der Waals surface area contributed by atoms with E-state index in [1.807, 2.05) is 67.6 Å². The van der Waals surface area contributed by atoms with Gasteiger partial charge in [0, 0.05) is 23.2 Å². The molecule has 0 radical (unpaired) electrons. The minimum Gasteiger partial charge on any atom is -0.455 e. The summed E-state index contributed by atoms with van der Waals surface area (Å²) < 4.78 is 5.90.